The first kappa shape index (κ1) is 59.9. The molecule has 3 rings (SSSR count). The van der Waals surface area contributed by atoms with Crippen molar-refractivity contribution in [3.05, 3.63) is 35.9 Å². The summed E-state index contributed by atoms with van der Waals surface area (Å²) in [6, 6.07) is 6.21. The number of amides is 7. The number of methoxy groups -OCH3 is 2. The predicted octanol–water partition coefficient (Wildman–Crippen LogP) is 2.17. The third-order valence-corrected chi connectivity index (χ3v) is 14.0. The Labute approximate surface area is 418 Å². The van der Waals surface area contributed by atoms with Gasteiger partial charge in [-0.1, -0.05) is 71.4 Å². The van der Waals surface area contributed by atoms with Crippen LogP contribution in [0.5, 0.6) is 0 Å². The Kier molecular flexibility index (Phi) is 27.2. The van der Waals surface area contributed by atoms with Gasteiger partial charge in [0, 0.05) is 53.9 Å². The number of benzene rings is 1. The van der Waals surface area contributed by atoms with E-state index < -0.39 is 48.3 Å². The van der Waals surface area contributed by atoms with E-state index in [-0.39, 0.29) is 73.4 Å². The molecular weight excluding hydrogens is 899 g/mol. The van der Waals surface area contributed by atoms with Crippen LogP contribution >= 0.6 is 0 Å². The fourth-order valence-electron chi connectivity index (χ4n) is 9.22. The van der Waals surface area contributed by atoms with E-state index >= 15 is 0 Å². The van der Waals surface area contributed by atoms with Crippen molar-refractivity contribution in [3.63, 3.8) is 0 Å². The van der Waals surface area contributed by atoms with Gasteiger partial charge in [-0.05, 0) is 83.1 Å². The largest absolute Gasteiger partial charge is 0.379 e. The molecule has 1 aromatic rings. The maximum atomic E-state index is 14.4. The second-order valence-electron chi connectivity index (χ2n) is 19.6. The van der Waals surface area contributed by atoms with Crippen molar-refractivity contribution in [1.82, 2.24) is 46.6 Å². The molecule has 0 unspecified atom stereocenters. The molecule has 1 aromatic carbocycles. The Morgan fingerprint density at radius 3 is 2.01 bits per heavy atom. The number of urea groups is 1. The minimum Gasteiger partial charge on any atom is -0.379 e. The van der Waals surface area contributed by atoms with E-state index in [1.165, 1.54) is 7.11 Å². The first-order valence-corrected chi connectivity index (χ1v) is 25.5. The van der Waals surface area contributed by atoms with Gasteiger partial charge in [-0.2, -0.15) is 0 Å². The number of nitrogens with one attached hydrogen (secondary N) is 6. The van der Waals surface area contributed by atoms with Crippen LogP contribution in [0.25, 0.3) is 0 Å². The van der Waals surface area contributed by atoms with Crippen LogP contribution < -0.4 is 31.9 Å². The molecule has 398 valence electrons. The molecule has 19 heteroatoms. The maximum Gasteiger partial charge on any atom is 0.314 e. The standard InChI is InChI=1S/C51H89N9O10/c1-12-35(4)45(59(9)50(65)44(34(2)3)57-48(63)37(6)58(7)8)42(67-10)32-43(61)60-26-16-19-41(60)46(68-11)36(5)47(62)56-40(31-38-17-14-13-15-18-38)49(64)53-24-27-69-29-30-70-28-25-54-51(66)55-33-39-20-22-52-23-21-39/h13-15,17-18,34-37,39-42,44-46,52H,12,16,19-33H2,1-11H3,(H,53,64)(H,56,62)(H,57,63)(H2,54,55,66)/t35-,36+,37-,40-,41-,42+,44-,45-,46+/m0/s1. The van der Waals surface area contributed by atoms with Crippen LogP contribution in [-0.2, 0) is 49.3 Å². The highest BCUT2D eigenvalue weighted by Gasteiger charge is 2.43. The molecular formula is C51H89N9O10. The Morgan fingerprint density at radius 1 is 0.786 bits per heavy atom. The molecule has 0 aliphatic carbocycles. The summed E-state index contributed by atoms with van der Waals surface area (Å²) in [7, 11) is 8.41. The van der Waals surface area contributed by atoms with Gasteiger partial charge < -0.3 is 60.6 Å². The molecule has 6 N–H and O–H groups in total. The minimum absolute atomic E-state index is 0.0143. The van der Waals surface area contributed by atoms with E-state index in [0.717, 1.165) is 31.5 Å². The van der Waals surface area contributed by atoms with Crippen molar-refractivity contribution in [2.75, 3.05) is 101 Å². The third-order valence-electron chi connectivity index (χ3n) is 14.0. The van der Waals surface area contributed by atoms with Gasteiger partial charge in [0.05, 0.1) is 69.1 Å². The molecule has 0 radical (unpaired) electrons. The number of piperidine rings is 1. The van der Waals surface area contributed by atoms with Crippen molar-refractivity contribution in [2.45, 2.75) is 129 Å². The van der Waals surface area contributed by atoms with E-state index in [2.05, 4.69) is 31.9 Å². The van der Waals surface area contributed by atoms with Crippen LogP contribution in [0.2, 0.25) is 0 Å². The van der Waals surface area contributed by atoms with Crippen molar-refractivity contribution in [3.8, 4) is 0 Å². The number of carbonyl (C=O) groups excluding carboxylic acids is 6. The lowest BCUT2D eigenvalue weighted by atomic mass is 9.89. The van der Waals surface area contributed by atoms with E-state index in [0.29, 0.717) is 64.6 Å². The highest BCUT2D eigenvalue weighted by Crippen LogP contribution is 2.30. The molecule has 2 aliphatic rings. The topological polar surface area (TPSA) is 221 Å². The molecule has 0 saturated carbocycles. The molecule has 2 heterocycles. The summed E-state index contributed by atoms with van der Waals surface area (Å²) >= 11 is 0. The van der Waals surface area contributed by atoms with Gasteiger partial charge >= 0.3 is 6.03 Å². The third kappa shape index (κ3) is 19.3. The second kappa shape index (κ2) is 31.8. The van der Waals surface area contributed by atoms with Crippen LogP contribution in [0.3, 0.4) is 0 Å². The number of hydrogen-bond acceptors (Lipinski definition) is 12. The summed E-state index contributed by atoms with van der Waals surface area (Å²) < 4.78 is 23.3. The monoisotopic (exact) mass is 988 g/mol. The van der Waals surface area contributed by atoms with Crippen molar-refractivity contribution >= 4 is 35.6 Å². The number of likely N-dealkylation sites (N-methyl/N-ethyl adjacent to an activating group) is 2. The normalized spacial score (nSPS) is 18.8. The molecule has 2 fully saturated rings. The van der Waals surface area contributed by atoms with Crippen molar-refractivity contribution < 1.29 is 47.7 Å². The number of carbonyl (C=O) groups is 6. The van der Waals surface area contributed by atoms with Crippen molar-refractivity contribution in [1.29, 1.82) is 0 Å². The number of likely N-dealkylation sites (tertiary alicyclic amines) is 1. The molecule has 0 spiro atoms. The maximum absolute atomic E-state index is 14.4. The zero-order valence-corrected chi connectivity index (χ0v) is 44.2. The molecule has 7 amide bonds. The fraction of sp³-hybridized carbons (Fsp3) is 0.765. The SMILES string of the molecule is CC[C@H](C)[C@@H]([C@@H](CC(=O)N1CCC[C@H]1[C@H](OC)[C@@H](C)C(=O)N[C@@H](Cc1ccccc1)C(=O)NCCOCCOCCNC(=O)NCC1CCNCC1)OC)N(C)C(=O)[C@@H](NC(=O)[C@H](C)N(C)C)C(C)C. The number of nitrogens with zero attached hydrogens (tertiary/aromatic N) is 3. The minimum atomic E-state index is -0.900. The first-order valence-electron chi connectivity index (χ1n) is 25.5. The lowest BCUT2D eigenvalue weighted by Gasteiger charge is -2.41. The van der Waals surface area contributed by atoms with Gasteiger partial charge in [0.1, 0.15) is 12.1 Å². The van der Waals surface area contributed by atoms with Gasteiger partial charge in [0.25, 0.3) is 0 Å². The molecule has 70 heavy (non-hydrogen) atoms. The Hall–Kier alpha value is -4.40. The highest BCUT2D eigenvalue weighted by molar-refractivity contribution is 5.90. The summed E-state index contributed by atoms with van der Waals surface area (Å²) in [5.74, 6) is -1.92. The fourth-order valence-corrected chi connectivity index (χ4v) is 9.22. The molecule has 19 nitrogen and oxygen atoms in total. The Morgan fingerprint density at radius 2 is 1.43 bits per heavy atom. The van der Waals surface area contributed by atoms with Gasteiger partial charge in [0.2, 0.25) is 29.5 Å². The molecule has 0 aromatic heterocycles. The lowest BCUT2D eigenvalue weighted by molar-refractivity contribution is -0.148. The smallest absolute Gasteiger partial charge is 0.314 e. The zero-order valence-electron chi connectivity index (χ0n) is 44.2. The van der Waals surface area contributed by atoms with Gasteiger partial charge in [-0.15, -0.1) is 0 Å². The van der Waals surface area contributed by atoms with E-state index in [1.54, 1.807) is 42.7 Å². The van der Waals surface area contributed by atoms with Crippen molar-refractivity contribution in [2.24, 2.45) is 23.7 Å². The van der Waals surface area contributed by atoms with Gasteiger partial charge in [-0.25, -0.2) is 4.79 Å². The summed E-state index contributed by atoms with van der Waals surface area (Å²) in [5.41, 5.74) is 0.868. The molecule has 0 bridgehead atoms. The van der Waals surface area contributed by atoms with Gasteiger partial charge in [0.15, 0.2) is 0 Å². The number of hydrogen-bond donors (Lipinski definition) is 6. The van der Waals surface area contributed by atoms with E-state index in [4.69, 9.17) is 18.9 Å². The van der Waals surface area contributed by atoms with E-state index in [9.17, 15) is 28.8 Å². The lowest BCUT2D eigenvalue weighted by Crippen LogP contribution is -2.59. The Bertz CT molecular complexity index is 1740. The second-order valence-corrected chi connectivity index (χ2v) is 19.6. The van der Waals surface area contributed by atoms with Crippen LogP contribution in [0.15, 0.2) is 30.3 Å². The number of rotatable bonds is 31. The van der Waals surface area contributed by atoms with Crippen LogP contribution in [-0.4, -0.2) is 194 Å². The van der Waals surface area contributed by atoms with Crippen LogP contribution in [0.1, 0.15) is 85.6 Å². The molecule has 2 saturated heterocycles. The van der Waals surface area contributed by atoms with Crippen LogP contribution in [0.4, 0.5) is 4.79 Å². The summed E-state index contributed by atoms with van der Waals surface area (Å²) in [6.07, 6.45) is 3.04. The predicted molar refractivity (Wildman–Crippen MR) is 270 cm³/mol. The first-order chi connectivity index (χ1) is 33.4. The highest BCUT2D eigenvalue weighted by atomic mass is 16.5. The summed E-state index contributed by atoms with van der Waals surface area (Å²) in [4.78, 5) is 86.8. The zero-order chi connectivity index (χ0) is 51.8. The quantitative estimate of drug-likeness (QED) is 0.0590. The van der Waals surface area contributed by atoms with E-state index in [1.807, 2.05) is 72.1 Å². The summed E-state index contributed by atoms with van der Waals surface area (Å²) in [5, 5.41) is 17.9. The van der Waals surface area contributed by atoms with Crippen LogP contribution in [0, 0.1) is 23.7 Å². The molecule has 2 aliphatic heterocycles. The summed E-state index contributed by atoms with van der Waals surface area (Å²) in [6.45, 7) is 16.3. The van der Waals surface area contributed by atoms with Gasteiger partial charge in [-0.3, -0.25) is 28.9 Å². The average Bonchev–Trinajstić information content (AvgIpc) is 3.84. The average molecular weight is 988 g/mol. The number of ether oxygens (including phenoxy) is 4. The molecule has 9 atom stereocenters. The Balaban J connectivity index is 1.58.